The first-order valence-corrected chi connectivity index (χ1v) is 11.2. The SMILES string of the molecule is CCOc1cc(CCCNC(=NC)NCc2cccc(OCCN(C)C)c2)ccc1OC.I. The number of methoxy groups -OCH3 is 1. The van der Waals surface area contributed by atoms with Crippen LogP contribution in [0.4, 0.5) is 0 Å². The number of aliphatic imine (C=N–C) groups is 1. The van der Waals surface area contributed by atoms with E-state index < -0.39 is 0 Å². The number of rotatable bonds is 13. The zero-order valence-electron chi connectivity index (χ0n) is 20.5. The standard InChI is InChI=1S/C25H38N4O3.HI/c1-6-31-24-18-20(12-13-23(24)30-5)10-8-14-27-25(26-2)28-19-21-9-7-11-22(17-21)32-16-15-29(3)4;/h7,9,11-13,17-18H,6,8,10,14-16,19H2,1-5H3,(H2,26,27,28);1H. The van der Waals surface area contributed by atoms with Crippen LogP contribution < -0.4 is 24.8 Å². The number of benzene rings is 2. The first-order valence-electron chi connectivity index (χ1n) is 11.2. The molecule has 0 spiro atoms. The van der Waals surface area contributed by atoms with Crippen molar-refractivity contribution in [2.24, 2.45) is 4.99 Å². The van der Waals surface area contributed by atoms with Crippen molar-refractivity contribution < 1.29 is 14.2 Å². The fourth-order valence-electron chi connectivity index (χ4n) is 3.14. The van der Waals surface area contributed by atoms with E-state index in [1.54, 1.807) is 14.2 Å². The molecule has 0 saturated carbocycles. The molecule has 2 aromatic rings. The second-order valence-electron chi connectivity index (χ2n) is 7.67. The van der Waals surface area contributed by atoms with E-state index in [9.17, 15) is 0 Å². The Hall–Kier alpha value is -2.20. The molecular formula is C25H39IN4O3. The number of ether oxygens (including phenoxy) is 3. The van der Waals surface area contributed by atoms with Crippen LogP contribution in [-0.2, 0) is 13.0 Å². The smallest absolute Gasteiger partial charge is 0.191 e. The van der Waals surface area contributed by atoms with Crippen LogP contribution in [0.1, 0.15) is 24.5 Å². The minimum atomic E-state index is 0. The minimum absolute atomic E-state index is 0. The maximum atomic E-state index is 5.82. The second kappa shape index (κ2) is 16.4. The maximum absolute atomic E-state index is 5.82. The Morgan fingerprint density at radius 3 is 2.52 bits per heavy atom. The zero-order chi connectivity index (χ0) is 23.2. The van der Waals surface area contributed by atoms with E-state index in [2.05, 4.69) is 44.8 Å². The first-order chi connectivity index (χ1) is 15.5. The summed E-state index contributed by atoms with van der Waals surface area (Å²) in [7, 11) is 7.53. The van der Waals surface area contributed by atoms with Crippen molar-refractivity contribution >= 4 is 29.9 Å². The fraction of sp³-hybridized carbons (Fsp3) is 0.480. The molecule has 2 rings (SSSR count). The van der Waals surface area contributed by atoms with E-state index in [0.29, 0.717) is 19.8 Å². The van der Waals surface area contributed by atoms with Gasteiger partial charge in [-0.2, -0.15) is 0 Å². The van der Waals surface area contributed by atoms with Crippen molar-refractivity contribution in [1.82, 2.24) is 15.5 Å². The van der Waals surface area contributed by atoms with Crippen LogP contribution in [0, 0.1) is 0 Å². The summed E-state index contributed by atoms with van der Waals surface area (Å²) in [6.07, 6.45) is 1.92. The Morgan fingerprint density at radius 1 is 1.00 bits per heavy atom. The summed E-state index contributed by atoms with van der Waals surface area (Å²) in [5.41, 5.74) is 2.38. The molecule has 0 aliphatic carbocycles. The average molecular weight is 571 g/mol. The molecule has 8 heteroatoms. The molecule has 2 aromatic carbocycles. The van der Waals surface area contributed by atoms with Gasteiger partial charge >= 0.3 is 0 Å². The molecule has 0 fully saturated rings. The number of nitrogens with one attached hydrogen (secondary N) is 2. The van der Waals surface area contributed by atoms with E-state index in [0.717, 1.165) is 54.7 Å². The van der Waals surface area contributed by atoms with Crippen LogP contribution >= 0.6 is 24.0 Å². The number of aryl methyl sites for hydroxylation is 1. The van der Waals surface area contributed by atoms with Gasteiger partial charge < -0.3 is 29.7 Å². The number of hydrogen-bond donors (Lipinski definition) is 2. The zero-order valence-corrected chi connectivity index (χ0v) is 22.8. The highest BCUT2D eigenvalue weighted by Gasteiger charge is 2.06. The van der Waals surface area contributed by atoms with E-state index in [1.807, 2.05) is 39.2 Å². The molecule has 0 bridgehead atoms. The average Bonchev–Trinajstić information content (AvgIpc) is 2.79. The fourth-order valence-corrected chi connectivity index (χ4v) is 3.14. The molecule has 0 unspecified atom stereocenters. The highest BCUT2D eigenvalue weighted by atomic mass is 127. The molecule has 33 heavy (non-hydrogen) atoms. The Kier molecular flexibility index (Phi) is 14.3. The summed E-state index contributed by atoms with van der Waals surface area (Å²) >= 11 is 0. The molecule has 0 aliphatic heterocycles. The number of hydrogen-bond acceptors (Lipinski definition) is 5. The third kappa shape index (κ3) is 11.0. The van der Waals surface area contributed by atoms with Crippen molar-refractivity contribution in [3.63, 3.8) is 0 Å². The lowest BCUT2D eigenvalue weighted by molar-refractivity contribution is 0.261. The third-order valence-electron chi connectivity index (χ3n) is 4.85. The molecule has 0 aromatic heterocycles. The first kappa shape index (κ1) is 28.8. The van der Waals surface area contributed by atoms with Gasteiger partial charge in [-0.1, -0.05) is 18.2 Å². The predicted octanol–water partition coefficient (Wildman–Crippen LogP) is 3.95. The normalized spacial score (nSPS) is 11.0. The third-order valence-corrected chi connectivity index (χ3v) is 4.85. The van der Waals surface area contributed by atoms with Crippen LogP contribution in [0.2, 0.25) is 0 Å². The lowest BCUT2D eigenvalue weighted by atomic mass is 10.1. The van der Waals surface area contributed by atoms with Crippen LogP contribution in [0.5, 0.6) is 17.2 Å². The Bertz CT molecular complexity index is 846. The van der Waals surface area contributed by atoms with Gasteiger partial charge in [0.05, 0.1) is 13.7 Å². The second-order valence-corrected chi connectivity index (χ2v) is 7.67. The summed E-state index contributed by atoms with van der Waals surface area (Å²) in [6, 6.07) is 14.3. The van der Waals surface area contributed by atoms with Crippen LogP contribution in [-0.4, -0.2) is 65.4 Å². The van der Waals surface area contributed by atoms with Crippen molar-refractivity contribution in [3.05, 3.63) is 53.6 Å². The molecule has 184 valence electrons. The molecule has 0 saturated heterocycles. The molecule has 0 radical (unpaired) electrons. The lowest BCUT2D eigenvalue weighted by Crippen LogP contribution is -2.37. The van der Waals surface area contributed by atoms with Crippen molar-refractivity contribution in [1.29, 1.82) is 0 Å². The van der Waals surface area contributed by atoms with Gasteiger partial charge in [-0.25, -0.2) is 0 Å². The highest BCUT2D eigenvalue weighted by Crippen LogP contribution is 2.28. The monoisotopic (exact) mass is 570 g/mol. The van der Waals surface area contributed by atoms with E-state index in [-0.39, 0.29) is 24.0 Å². The number of likely N-dealkylation sites (N-methyl/N-ethyl adjacent to an activating group) is 1. The van der Waals surface area contributed by atoms with Gasteiger partial charge in [0.1, 0.15) is 12.4 Å². The topological polar surface area (TPSA) is 67.3 Å². The van der Waals surface area contributed by atoms with Gasteiger partial charge in [0.25, 0.3) is 0 Å². The van der Waals surface area contributed by atoms with Crippen LogP contribution in [0.3, 0.4) is 0 Å². The Morgan fingerprint density at radius 2 is 1.82 bits per heavy atom. The summed E-state index contributed by atoms with van der Waals surface area (Å²) in [5.74, 6) is 3.24. The van der Waals surface area contributed by atoms with Gasteiger partial charge in [0, 0.05) is 26.7 Å². The molecule has 0 atom stereocenters. The van der Waals surface area contributed by atoms with Gasteiger partial charge in [-0.05, 0) is 69.3 Å². The Labute approximate surface area is 215 Å². The van der Waals surface area contributed by atoms with Gasteiger partial charge in [0.2, 0.25) is 0 Å². The van der Waals surface area contributed by atoms with Crippen molar-refractivity contribution in [2.75, 3.05) is 54.6 Å². The van der Waals surface area contributed by atoms with E-state index >= 15 is 0 Å². The van der Waals surface area contributed by atoms with E-state index in [1.165, 1.54) is 5.56 Å². The predicted molar refractivity (Wildman–Crippen MR) is 147 cm³/mol. The molecule has 2 N–H and O–H groups in total. The molecule has 7 nitrogen and oxygen atoms in total. The van der Waals surface area contributed by atoms with Crippen molar-refractivity contribution in [3.8, 4) is 17.2 Å². The molecule has 0 amide bonds. The summed E-state index contributed by atoms with van der Waals surface area (Å²) in [4.78, 5) is 6.43. The van der Waals surface area contributed by atoms with Gasteiger partial charge in [0.15, 0.2) is 17.5 Å². The van der Waals surface area contributed by atoms with Gasteiger partial charge in [-0.3, -0.25) is 4.99 Å². The van der Waals surface area contributed by atoms with Crippen LogP contribution in [0.25, 0.3) is 0 Å². The van der Waals surface area contributed by atoms with Crippen LogP contribution in [0.15, 0.2) is 47.5 Å². The Balaban J connectivity index is 0.00000544. The lowest BCUT2D eigenvalue weighted by Gasteiger charge is -2.14. The summed E-state index contributed by atoms with van der Waals surface area (Å²) in [6.45, 7) is 5.66. The summed E-state index contributed by atoms with van der Waals surface area (Å²) in [5, 5.41) is 6.75. The van der Waals surface area contributed by atoms with Crippen molar-refractivity contribution in [2.45, 2.75) is 26.3 Å². The highest BCUT2D eigenvalue weighted by molar-refractivity contribution is 14.0. The number of guanidine groups is 1. The number of halogens is 1. The van der Waals surface area contributed by atoms with Gasteiger partial charge in [-0.15, -0.1) is 24.0 Å². The number of nitrogens with zero attached hydrogens (tertiary/aromatic N) is 2. The van der Waals surface area contributed by atoms with E-state index in [4.69, 9.17) is 14.2 Å². The molecular weight excluding hydrogens is 531 g/mol. The largest absolute Gasteiger partial charge is 0.493 e. The minimum Gasteiger partial charge on any atom is -0.493 e. The maximum Gasteiger partial charge on any atom is 0.191 e. The summed E-state index contributed by atoms with van der Waals surface area (Å²) < 4.78 is 16.8. The quantitative estimate of drug-likeness (QED) is 0.165. The molecule has 0 heterocycles. The molecule has 0 aliphatic rings.